The lowest BCUT2D eigenvalue weighted by atomic mass is 10.5. The Bertz CT molecular complexity index is 582. The molecule has 0 aromatic heterocycles. The summed E-state index contributed by atoms with van der Waals surface area (Å²) in [6.45, 7) is 42.2. The van der Waals surface area contributed by atoms with Gasteiger partial charge in [-0.3, -0.25) is 0 Å². The van der Waals surface area contributed by atoms with E-state index in [1.54, 1.807) is 0 Å². The monoisotopic (exact) mass is 656 g/mol. The molecule has 0 aromatic rings. The molecule has 0 saturated heterocycles. The Kier molecular flexibility index (Phi) is 17.2. The van der Waals surface area contributed by atoms with Crippen molar-refractivity contribution >= 4 is 50.6 Å². The third-order valence-corrected chi connectivity index (χ3v) is 29.5. The highest BCUT2D eigenvalue weighted by Crippen LogP contribution is 2.30. The van der Waals surface area contributed by atoms with Crippen LogP contribution in [0.1, 0.15) is 40.5 Å². The van der Waals surface area contributed by atoms with Gasteiger partial charge in [0.05, 0.1) is 0 Å². The molecule has 0 aromatic carbocycles. The van der Waals surface area contributed by atoms with Gasteiger partial charge in [-0.15, -0.1) is 0 Å². The maximum absolute atomic E-state index is 7.09. The van der Waals surface area contributed by atoms with E-state index in [0.29, 0.717) is 26.4 Å². The molecule has 0 amide bonds. The molecule has 0 rings (SSSR count). The van der Waals surface area contributed by atoms with Crippen LogP contribution >= 0.6 is 0 Å². The van der Waals surface area contributed by atoms with Gasteiger partial charge in [0.25, 0.3) is 0 Å². The van der Waals surface area contributed by atoms with E-state index in [1.165, 1.54) is 0 Å². The van der Waals surface area contributed by atoms with Gasteiger partial charge in [0.15, 0.2) is 0 Å². The minimum absolute atomic E-state index is 0.569. The smallest absolute Gasteiger partial charge is 0.374 e. The molecule has 236 valence electrons. The third-order valence-electron chi connectivity index (χ3n) is 6.74. The van der Waals surface area contributed by atoms with E-state index in [4.69, 9.17) is 21.8 Å². The van der Waals surface area contributed by atoms with Crippen molar-refractivity contribution in [3.8, 4) is 0 Å². The first-order chi connectivity index (χ1) is 17.6. The van der Waals surface area contributed by atoms with Gasteiger partial charge in [0.2, 0.25) is 0 Å². The molecule has 0 bridgehead atoms. The fourth-order valence-corrected chi connectivity index (χ4v) is 32.7. The lowest BCUT2D eigenvalue weighted by Crippen LogP contribution is -2.61. The standard InChI is InChI=1S/C26H68N2O5Si6/c1-17-29-38(30-18-2,25-21-23-27(34(5,6)7)35(8,9)10)33-39(31-19-3,32-20-4)26-22-24-28(36(11,12)13)37(14,15)16/h17-26H2,1-16H3. The van der Waals surface area contributed by atoms with Gasteiger partial charge < -0.3 is 30.3 Å². The number of nitrogens with zero attached hydrogens (tertiary/aromatic N) is 2. The molecule has 0 aliphatic heterocycles. The highest BCUT2D eigenvalue weighted by molar-refractivity contribution is 6.90. The molecule has 13 heteroatoms. The van der Waals surface area contributed by atoms with E-state index in [9.17, 15) is 0 Å². The number of hydrogen-bond acceptors (Lipinski definition) is 7. The van der Waals surface area contributed by atoms with Crippen LogP contribution in [-0.4, -0.2) is 98.5 Å². The van der Waals surface area contributed by atoms with Crippen molar-refractivity contribution in [3.63, 3.8) is 0 Å². The van der Waals surface area contributed by atoms with Crippen molar-refractivity contribution in [2.75, 3.05) is 39.5 Å². The van der Waals surface area contributed by atoms with Gasteiger partial charge in [-0.05, 0) is 53.6 Å². The Labute approximate surface area is 250 Å². The summed E-state index contributed by atoms with van der Waals surface area (Å²) < 4.78 is 38.7. The highest BCUT2D eigenvalue weighted by Gasteiger charge is 2.53. The SMILES string of the molecule is CCO[Si](CCCN([Si](C)(C)C)[Si](C)(C)C)(OCC)O[Si](CCCN([Si](C)(C)C)[Si](C)(C)C)(OCC)OCC. The van der Waals surface area contributed by atoms with E-state index in [2.05, 4.69) is 87.0 Å². The van der Waals surface area contributed by atoms with Crippen LogP contribution in [0.4, 0.5) is 0 Å². The lowest BCUT2D eigenvalue weighted by molar-refractivity contribution is 0.0486. The normalized spacial score (nSPS) is 14.6. The summed E-state index contributed by atoms with van der Waals surface area (Å²) in [5, 5.41) is 0. The molecular weight excluding hydrogens is 589 g/mol. The van der Waals surface area contributed by atoms with E-state index in [-0.39, 0.29) is 0 Å². The molecular formula is C26H68N2O5Si6. The Balaban J connectivity index is 6.09. The van der Waals surface area contributed by atoms with Gasteiger partial charge in [0.1, 0.15) is 32.9 Å². The predicted molar refractivity (Wildman–Crippen MR) is 185 cm³/mol. The summed E-state index contributed by atoms with van der Waals surface area (Å²) in [5.41, 5.74) is 0. The van der Waals surface area contributed by atoms with Gasteiger partial charge in [-0.2, -0.15) is 0 Å². The van der Waals surface area contributed by atoms with Crippen molar-refractivity contribution in [2.24, 2.45) is 0 Å². The van der Waals surface area contributed by atoms with Crippen molar-refractivity contribution in [1.29, 1.82) is 0 Å². The van der Waals surface area contributed by atoms with E-state index in [1.807, 2.05) is 27.7 Å². The molecule has 0 spiro atoms. The quantitative estimate of drug-likeness (QED) is 0.110. The minimum atomic E-state index is -3.02. The first-order valence-corrected chi connectivity index (χ1v) is 33.1. The maximum Gasteiger partial charge on any atom is 0.493 e. The van der Waals surface area contributed by atoms with Crippen LogP contribution in [0.3, 0.4) is 0 Å². The average molecular weight is 657 g/mol. The first kappa shape index (κ1) is 40.0. The fraction of sp³-hybridized carbons (Fsp3) is 1.00. The summed E-state index contributed by atoms with van der Waals surface area (Å²) in [4.78, 5) is 0. The molecule has 0 N–H and O–H groups in total. The van der Waals surface area contributed by atoms with E-state index in [0.717, 1.165) is 38.0 Å². The van der Waals surface area contributed by atoms with Crippen LogP contribution in [0.15, 0.2) is 0 Å². The fourth-order valence-electron chi connectivity index (χ4n) is 5.97. The average Bonchev–Trinajstić information content (AvgIpc) is 2.71. The Morgan fingerprint density at radius 2 is 0.641 bits per heavy atom. The molecule has 0 heterocycles. The molecule has 0 atom stereocenters. The molecule has 0 radical (unpaired) electrons. The van der Waals surface area contributed by atoms with Gasteiger partial charge >= 0.3 is 17.6 Å². The van der Waals surface area contributed by atoms with E-state index < -0.39 is 50.6 Å². The van der Waals surface area contributed by atoms with Crippen LogP contribution in [-0.2, 0) is 21.8 Å². The van der Waals surface area contributed by atoms with Gasteiger partial charge in [-0.25, -0.2) is 0 Å². The summed E-state index contributed by atoms with van der Waals surface area (Å²) in [6, 6.07) is 1.59. The Morgan fingerprint density at radius 1 is 0.410 bits per heavy atom. The summed E-state index contributed by atoms with van der Waals surface area (Å²) in [7, 11) is -11.8. The highest BCUT2D eigenvalue weighted by atomic mass is 28.5. The maximum atomic E-state index is 7.09. The zero-order valence-corrected chi connectivity index (χ0v) is 35.0. The van der Waals surface area contributed by atoms with Crippen LogP contribution in [0.25, 0.3) is 0 Å². The van der Waals surface area contributed by atoms with Crippen molar-refractivity contribution in [2.45, 2.75) is 131 Å². The second-order valence-electron chi connectivity index (χ2n) is 14.4. The topological polar surface area (TPSA) is 52.6 Å². The molecule has 7 nitrogen and oxygen atoms in total. The molecule has 0 aliphatic carbocycles. The van der Waals surface area contributed by atoms with Crippen LogP contribution in [0, 0.1) is 0 Å². The van der Waals surface area contributed by atoms with Crippen LogP contribution in [0.5, 0.6) is 0 Å². The molecule has 0 fully saturated rings. The lowest BCUT2D eigenvalue weighted by Gasteiger charge is -2.45. The molecule has 0 saturated carbocycles. The van der Waals surface area contributed by atoms with Crippen LogP contribution in [0.2, 0.25) is 90.7 Å². The second kappa shape index (κ2) is 16.8. The third kappa shape index (κ3) is 14.4. The van der Waals surface area contributed by atoms with Gasteiger partial charge in [-0.1, -0.05) is 78.6 Å². The van der Waals surface area contributed by atoms with Gasteiger partial charge in [0, 0.05) is 38.5 Å². The zero-order valence-electron chi connectivity index (χ0n) is 29.0. The Morgan fingerprint density at radius 3 is 0.821 bits per heavy atom. The molecule has 39 heavy (non-hydrogen) atoms. The zero-order chi connectivity index (χ0) is 30.8. The van der Waals surface area contributed by atoms with Crippen LogP contribution < -0.4 is 0 Å². The van der Waals surface area contributed by atoms with Crippen molar-refractivity contribution in [3.05, 3.63) is 0 Å². The second-order valence-corrected chi connectivity index (χ2v) is 40.5. The summed E-state index contributed by atoms with van der Waals surface area (Å²) in [5.74, 6) is 0. The predicted octanol–water partition coefficient (Wildman–Crippen LogP) is 7.75. The molecule has 0 unspecified atom stereocenters. The largest absolute Gasteiger partial charge is 0.493 e. The van der Waals surface area contributed by atoms with Crippen molar-refractivity contribution < 1.29 is 21.8 Å². The number of rotatable bonds is 22. The molecule has 0 aliphatic rings. The van der Waals surface area contributed by atoms with E-state index >= 15 is 0 Å². The minimum Gasteiger partial charge on any atom is -0.374 e. The Hall–Kier alpha value is 1.02. The summed E-state index contributed by atoms with van der Waals surface area (Å²) in [6.07, 6.45) is 2.00. The first-order valence-electron chi connectivity index (χ1n) is 15.4. The summed E-state index contributed by atoms with van der Waals surface area (Å²) >= 11 is 0. The van der Waals surface area contributed by atoms with Crippen molar-refractivity contribution in [1.82, 2.24) is 8.46 Å². The number of hydrogen-bond donors (Lipinski definition) is 0.